The first kappa shape index (κ1) is 15.3. The Morgan fingerprint density at radius 1 is 1.48 bits per heavy atom. The summed E-state index contributed by atoms with van der Waals surface area (Å²) in [6, 6.07) is 4.95. The third-order valence-corrected chi connectivity index (χ3v) is 3.62. The highest BCUT2D eigenvalue weighted by Gasteiger charge is 2.26. The molecule has 1 atom stereocenters. The minimum atomic E-state index is -1.04. The molecule has 0 saturated carbocycles. The molecule has 1 aromatic heterocycles. The number of anilines is 1. The fourth-order valence-corrected chi connectivity index (χ4v) is 2.51. The monoisotopic (exact) mass is 291 g/mol. The molecule has 6 heteroatoms. The zero-order valence-electron chi connectivity index (χ0n) is 12.2. The zero-order chi connectivity index (χ0) is 15.2. The Bertz CT molecular complexity index is 519. The highest BCUT2D eigenvalue weighted by atomic mass is 16.4. The van der Waals surface area contributed by atoms with Gasteiger partial charge >= 0.3 is 5.97 Å². The van der Waals surface area contributed by atoms with Gasteiger partial charge in [0.2, 0.25) is 5.91 Å². The number of carboxylic acid groups (broad SMARTS) is 1. The van der Waals surface area contributed by atoms with Gasteiger partial charge in [0.1, 0.15) is 5.82 Å². The molecule has 2 rings (SSSR count). The molecule has 1 aromatic rings. The van der Waals surface area contributed by atoms with Gasteiger partial charge in [-0.1, -0.05) is 13.0 Å². The second-order valence-corrected chi connectivity index (χ2v) is 5.26. The van der Waals surface area contributed by atoms with Gasteiger partial charge in [-0.15, -0.1) is 0 Å². The molecular formula is C15H21N3O3. The number of rotatable bonds is 5. The van der Waals surface area contributed by atoms with E-state index in [2.05, 4.69) is 10.3 Å². The van der Waals surface area contributed by atoms with E-state index in [1.165, 1.54) is 6.07 Å². The van der Waals surface area contributed by atoms with Gasteiger partial charge in [0.25, 0.3) is 0 Å². The summed E-state index contributed by atoms with van der Waals surface area (Å²) in [5.74, 6) is -0.384. The average Bonchev–Trinajstić information content (AvgIpc) is 2.52. The topological polar surface area (TPSA) is 82.5 Å². The number of pyridine rings is 1. The third kappa shape index (κ3) is 3.93. The molecule has 0 aromatic carbocycles. The molecule has 1 unspecified atom stereocenters. The second kappa shape index (κ2) is 7.06. The summed E-state index contributed by atoms with van der Waals surface area (Å²) in [7, 11) is 0. The number of aromatic carboxylic acids is 1. The summed E-state index contributed by atoms with van der Waals surface area (Å²) in [5, 5.41) is 11.9. The highest BCUT2D eigenvalue weighted by molar-refractivity contribution is 5.85. The molecule has 0 aliphatic carbocycles. The molecule has 1 fully saturated rings. The van der Waals surface area contributed by atoms with E-state index in [0.717, 1.165) is 25.8 Å². The van der Waals surface area contributed by atoms with E-state index < -0.39 is 5.97 Å². The summed E-state index contributed by atoms with van der Waals surface area (Å²) < 4.78 is 0. The van der Waals surface area contributed by atoms with Gasteiger partial charge < -0.3 is 15.3 Å². The lowest BCUT2D eigenvalue weighted by Crippen LogP contribution is -2.43. The van der Waals surface area contributed by atoms with Crippen LogP contribution in [-0.4, -0.2) is 41.6 Å². The van der Waals surface area contributed by atoms with Crippen LogP contribution in [0.15, 0.2) is 18.2 Å². The molecule has 1 amide bonds. The second-order valence-electron chi connectivity index (χ2n) is 5.26. The van der Waals surface area contributed by atoms with E-state index in [1.54, 1.807) is 12.1 Å². The highest BCUT2D eigenvalue weighted by Crippen LogP contribution is 2.22. The number of aromatic nitrogens is 1. The van der Waals surface area contributed by atoms with Crippen molar-refractivity contribution >= 4 is 17.7 Å². The molecule has 6 nitrogen and oxygen atoms in total. The maximum Gasteiger partial charge on any atom is 0.354 e. The Hall–Kier alpha value is -2.11. The number of carboxylic acids is 1. The predicted molar refractivity (Wildman–Crippen MR) is 79.4 cm³/mol. The number of nitrogens with one attached hydrogen (secondary N) is 1. The number of hydrogen-bond donors (Lipinski definition) is 2. The molecule has 21 heavy (non-hydrogen) atoms. The SMILES string of the molecule is CCCNC(=O)C1CCCN(c2cccc(C(=O)O)n2)C1. The van der Waals surface area contributed by atoms with E-state index in [-0.39, 0.29) is 17.5 Å². The van der Waals surface area contributed by atoms with Crippen molar-refractivity contribution in [2.75, 3.05) is 24.5 Å². The first-order chi connectivity index (χ1) is 10.1. The molecule has 2 heterocycles. The van der Waals surface area contributed by atoms with Crippen LogP contribution in [-0.2, 0) is 4.79 Å². The number of piperidine rings is 1. The molecule has 0 radical (unpaired) electrons. The quantitative estimate of drug-likeness (QED) is 0.859. The van der Waals surface area contributed by atoms with E-state index in [9.17, 15) is 9.59 Å². The van der Waals surface area contributed by atoms with E-state index in [1.807, 2.05) is 11.8 Å². The summed E-state index contributed by atoms with van der Waals surface area (Å²) in [6.07, 6.45) is 2.69. The van der Waals surface area contributed by atoms with Crippen LogP contribution < -0.4 is 10.2 Å². The first-order valence-corrected chi connectivity index (χ1v) is 7.34. The molecular weight excluding hydrogens is 270 g/mol. The number of carbonyl (C=O) groups excluding carboxylic acids is 1. The van der Waals surface area contributed by atoms with Gasteiger partial charge in [0.05, 0.1) is 5.92 Å². The van der Waals surface area contributed by atoms with Crippen LogP contribution in [0.3, 0.4) is 0 Å². The van der Waals surface area contributed by atoms with Crippen molar-refractivity contribution in [3.63, 3.8) is 0 Å². The Labute approximate surface area is 124 Å². The van der Waals surface area contributed by atoms with E-state index >= 15 is 0 Å². The maximum absolute atomic E-state index is 12.1. The largest absolute Gasteiger partial charge is 0.477 e. The van der Waals surface area contributed by atoms with Crippen molar-refractivity contribution in [3.8, 4) is 0 Å². The van der Waals surface area contributed by atoms with Gasteiger partial charge in [-0.2, -0.15) is 0 Å². The van der Waals surface area contributed by atoms with Crippen LogP contribution in [0.2, 0.25) is 0 Å². The number of carbonyl (C=O) groups is 2. The minimum Gasteiger partial charge on any atom is -0.477 e. The fourth-order valence-electron chi connectivity index (χ4n) is 2.51. The Morgan fingerprint density at radius 3 is 3.00 bits per heavy atom. The normalized spacial score (nSPS) is 18.3. The van der Waals surface area contributed by atoms with Crippen LogP contribution in [0.1, 0.15) is 36.7 Å². The van der Waals surface area contributed by atoms with Gasteiger partial charge in [0, 0.05) is 19.6 Å². The zero-order valence-corrected chi connectivity index (χ0v) is 12.2. The standard InChI is InChI=1S/C15H21N3O3/c1-2-8-16-14(19)11-5-4-9-18(10-11)13-7-3-6-12(17-13)15(20)21/h3,6-7,11H,2,4-5,8-10H2,1H3,(H,16,19)(H,20,21). The summed E-state index contributed by atoms with van der Waals surface area (Å²) >= 11 is 0. The van der Waals surface area contributed by atoms with Crippen molar-refractivity contribution < 1.29 is 14.7 Å². The number of amides is 1. The van der Waals surface area contributed by atoms with E-state index in [4.69, 9.17) is 5.11 Å². The molecule has 2 N–H and O–H groups in total. The smallest absolute Gasteiger partial charge is 0.354 e. The fraction of sp³-hybridized carbons (Fsp3) is 0.533. The van der Waals surface area contributed by atoms with Crippen molar-refractivity contribution in [2.24, 2.45) is 5.92 Å². The molecule has 0 bridgehead atoms. The van der Waals surface area contributed by atoms with Crippen LogP contribution in [0.5, 0.6) is 0 Å². The lowest BCUT2D eigenvalue weighted by Gasteiger charge is -2.33. The van der Waals surface area contributed by atoms with Gasteiger partial charge in [-0.25, -0.2) is 9.78 Å². The van der Waals surface area contributed by atoms with Crippen molar-refractivity contribution in [3.05, 3.63) is 23.9 Å². The van der Waals surface area contributed by atoms with Crippen molar-refractivity contribution in [1.82, 2.24) is 10.3 Å². The van der Waals surface area contributed by atoms with E-state index in [0.29, 0.717) is 18.9 Å². The summed E-state index contributed by atoms with van der Waals surface area (Å²) in [4.78, 5) is 29.2. The molecule has 1 saturated heterocycles. The van der Waals surface area contributed by atoms with Crippen LogP contribution in [0.25, 0.3) is 0 Å². The third-order valence-electron chi connectivity index (χ3n) is 3.62. The van der Waals surface area contributed by atoms with Crippen molar-refractivity contribution in [2.45, 2.75) is 26.2 Å². The number of nitrogens with zero attached hydrogens (tertiary/aromatic N) is 2. The van der Waals surface area contributed by atoms with Gasteiger partial charge in [-0.3, -0.25) is 4.79 Å². The minimum absolute atomic E-state index is 0.0325. The lowest BCUT2D eigenvalue weighted by molar-refractivity contribution is -0.125. The van der Waals surface area contributed by atoms with Crippen LogP contribution >= 0.6 is 0 Å². The van der Waals surface area contributed by atoms with Gasteiger partial charge in [0.15, 0.2) is 5.69 Å². The predicted octanol–water partition coefficient (Wildman–Crippen LogP) is 1.52. The van der Waals surface area contributed by atoms with Gasteiger partial charge in [-0.05, 0) is 31.4 Å². The van der Waals surface area contributed by atoms with Crippen LogP contribution in [0.4, 0.5) is 5.82 Å². The first-order valence-electron chi connectivity index (χ1n) is 7.34. The lowest BCUT2D eigenvalue weighted by atomic mass is 9.97. The summed E-state index contributed by atoms with van der Waals surface area (Å²) in [5.41, 5.74) is 0.0325. The maximum atomic E-state index is 12.1. The Kier molecular flexibility index (Phi) is 5.14. The molecule has 0 spiro atoms. The Morgan fingerprint density at radius 2 is 2.29 bits per heavy atom. The Balaban J connectivity index is 2.05. The molecule has 1 aliphatic rings. The average molecular weight is 291 g/mol. The van der Waals surface area contributed by atoms with Crippen molar-refractivity contribution in [1.29, 1.82) is 0 Å². The molecule has 1 aliphatic heterocycles. The number of hydrogen-bond acceptors (Lipinski definition) is 4. The van der Waals surface area contributed by atoms with Crippen LogP contribution in [0, 0.1) is 5.92 Å². The summed E-state index contributed by atoms with van der Waals surface area (Å²) in [6.45, 7) is 4.11. The molecule has 114 valence electrons.